The zero-order valence-electron chi connectivity index (χ0n) is 11.6. The molecule has 0 bridgehead atoms. The second-order valence-electron chi connectivity index (χ2n) is 4.75. The van der Waals surface area contributed by atoms with Gasteiger partial charge in [-0.25, -0.2) is 4.79 Å². The van der Waals surface area contributed by atoms with Gasteiger partial charge in [-0.15, -0.1) is 0 Å². The Morgan fingerprint density at radius 2 is 1.62 bits per heavy atom. The number of amides is 1. The lowest BCUT2D eigenvalue weighted by Crippen LogP contribution is -2.13. The minimum absolute atomic E-state index is 0.218. The van der Waals surface area contributed by atoms with Crippen LogP contribution in [0.1, 0.15) is 31.8 Å². The molecule has 0 unspecified atom stereocenters. The molecule has 21 heavy (non-hydrogen) atoms. The molecule has 0 radical (unpaired) electrons. The maximum Gasteiger partial charge on any atom is 0.335 e. The average Bonchev–Trinajstić information content (AvgIpc) is 2.37. The van der Waals surface area contributed by atoms with E-state index in [0.29, 0.717) is 21.8 Å². The molecule has 2 N–H and O–H groups in total. The van der Waals surface area contributed by atoms with Crippen molar-refractivity contribution in [3.8, 4) is 0 Å². The molecule has 1 amide bonds. The van der Waals surface area contributed by atoms with E-state index in [9.17, 15) is 9.59 Å². The lowest BCUT2D eigenvalue weighted by atomic mass is 10.1. The Hall–Kier alpha value is -2.33. The van der Waals surface area contributed by atoms with Crippen molar-refractivity contribution in [1.29, 1.82) is 0 Å². The predicted molar refractivity (Wildman–Crippen MR) is 82.3 cm³/mol. The first-order valence-corrected chi connectivity index (χ1v) is 6.67. The number of carbonyl (C=O) groups is 2. The fourth-order valence-electron chi connectivity index (χ4n) is 2.06. The van der Waals surface area contributed by atoms with Gasteiger partial charge in [0.15, 0.2) is 0 Å². The van der Waals surface area contributed by atoms with E-state index in [4.69, 9.17) is 16.7 Å². The third kappa shape index (κ3) is 3.41. The van der Waals surface area contributed by atoms with Crippen LogP contribution in [0.3, 0.4) is 0 Å². The van der Waals surface area contributed by atoms with Gasteiger partial charge >= 0.3 is 5.97 Å². The third-order valence-corrected chi connectivity index (χ3v) is 3.38. The summed E-state index contributed by atoms with van der Waals surface area (Å²) >= 11 is 5.86. The van der Waals surface area contributed by atoms with Crippen LogP contribution in [0.25, 0.3) is 0 Å². The molecule has 2 aromatic rings. The highest BCUT2D eigenvalue weighted by atomic mass is 35.5. The summed E-state index contributed by atoms with van der Waals surface area (Å²) in [5.41, 5.74) is 2.67. The summed E-state index contributed by atoms with van der Waals surface area (Å²) in [4.78, 5) is 23.2. The molecule has 0 saturated heterocycles. The van der Waals surface area contributed by atoms with Gasteiger partial charge in [0.2, 0.25) is 0 Å². The Bertz CT molecular complexity index is 725. The normalized spacial score (nSPS) is 10.2. The number of hydrogen-bond acceptors (Lipinski definition) is 2. The van der Waals surface area contributed by atoms with Crippen LogP contribution in [0.15, 0.2) is 36.4 Å². The number of carbonyl (C=O) groups excluding carboxylic acids is 1. The summed E-state index contributed by atoms with van der Waals surface area (Å²) < 4.78 is 0. The first kappa shape index (κ1) is 15.1. The van der Waals surface area contributed by atoms with Crippen LogP contribution in [0.4, 0.5) is 5.69 Å². The maximum atomic E-state index is 12.2. The number of aryl methyl sites for hydroxylation is 2. The number of halogens is 1. The van der Waals surface area contributed by atoms with E-state index in [1.807, 2.05) is 0 Å². The molecule has 4 nitrogen and oxygen atoms in total. The lowest BCUT2D eigenvalue weighted by molar-refractivity contribution is 0.0696. The highest BCUT2D eigenvalue weighted by Crippen LogP contribution is 2.19. The summed E-state index contributed by atoms with van der Waals surface area (Å²) in [6, 6.07) is 9.71. The second kappa shape index (κ2) is 5.97. The molecular weight excluding hydrogens is 290 g/mol. The quantitative estimate of drug-likeness (QED) is 0.903. The van der Waals surface area contributed by atoms with Gasteiger partial charge in [0.25, 0.3) is 5.91 Å². The number of aromatic carboxylic acids is 1. The Labute approximate surface area is 127 Å². The summed E-state index contributed by atoms with van der Waals surface area (Å²) in [7, 11) is 0. The molecule has 0 aromatic heterocycles. The van der Waals surface area contributed by atoms with Crippen LogP contribution >= 0.6 is 11.6 Å². The molecule has 5 heteroatoms. The Morgan fingerprint density at radius 3 is 2.19 bits per heavy atom. The second-order valence-corrected chi connectivity index (χ2v) is 5.18. The molecule has 0 heterocycles. The molecule has 0 fully saturated rings. The molecule has 0 aliphatic rings. The minimum Gasteiger partial charge on any atom is -0.478 e. The van der Waals surface area contributed by atoms with Crippen molar-refractivity contribution in [2.24, 2.45) is 0 Å². The molecular formula is C16H14ClNO3. The molecule has 0 atom stereocenters. The Balaban J connectivity index is 2.23. The van der Waals surface area contributed by atoms with Gasteiger partial charge < -0.3 is 10.4 Å². The number of nitrogens with one attached hydrogen (secondary N) is 1. The van der Waals surface area contributed by atoms with Crippen molar-refractivity contribution in [3.05, 3.63) is 63.7 Å². The van der Waals surface area contributed by atoms with Crippen LogP contribution < -0.4 is 5.32 Å². The van der Waals surface area contributed by atoms with E-state index in [1.54, 1.807) is 44.2 Å². The molecule has 0 aliphatic carbocycles. The van der Waals surface area contributed by atoms with E-state index < -0.39 is 5.97 Å². The average molecular weight is 304 g/mol. The lowest BCUT2D eigenvalue weighted by Gasteiger charge is -2.09. The third-order valence-electron chi connectivity index (χ3n) is 3.15. The summed E-state index contributed by atoms with van der Waals surface area (Å²) in [5.74, 6) is -1.24. The van der Waals surface area contributed by atoms with Gasteiger partial charge in [0, 0.05) is 16.3 Å². The topological polar surface area (TPSA) is 66.4 Å². The minimum atomic E-state index is -0.987. The molecule has 0 aliphatic heterocycles. The summed E-state index contributed by atoms with van der Waals surface area (Å²) in [5, 5.41) is 12.3. The van der Waals surface area contributed by atoms with Gasteiger partial charge in [0.1, 0.15) is 0 Å². The van der Waals surface area contributed by atoms with Crippen LogP contribution in [0.5, 0.6) is 0 Å². The van der Waals surface area contributed by atoms with Crippen molar-refractivity contribution in [2.45, 2.75) is 13.8 Å². The van der Waals surface area contributed by atoms with E-state index in [1.165, 1.54) is 6.07 Å². The van der Waals surface area contributed by atoms with Crippen molar-refractivity contribution >= 4 is 29.2 Å². The number of anilines is 1. The van der Waals surface area contributed by atoms with Crippen LogP contribution in [-0.2, 0) is 0 Å². The SMILES string of the molecule is Cc1cc(NC(=O)c2ccc(Cl)cc2C)ccc1C(=O)O. The Kier molecular flexibility index (Phi) is 4.29. The first-order valence-electron chi connectivity index (χ1n) is 6.30. The molecule has 2 aromatic carbocycles. The largest absolute Gasteiger partial charge is 0.478 e. The van der Waals surface area contributed by atoms with E-state index in [2.05, 4.69) is 5.32 Å². The monoisotopic (exact) mass is 303 g/mol. The Morgan fingerprint density at radius 1 is 1.00 bits per heavy atom. The molecule has 108 valence electrons. The van der Waals surface area contributed by atoms with Crippen LogP contribution in [-0.4, -0.2) is 17.0 Å². The predicted octanol–water partition coefficient (Wildman–Crippen LogP) is 3.91. The molecule has 0 saturated carbocycles. The van der Waals surface area contributed by atoms with Crippen molar-refractivity contribution in [3.63, 3.8) is 0 Å². The maximum absolute atomic E-state index is 12.2. The fourth-order valence-corrected chi connectivity index (χ4v) is 2.29. The van der Waals surface area contributed by atoms with E-state index in [0.717, 1.165) is 5.56 Å². The van der Waals surface area contributed by atoms with Crippen molar-refractivity contribution in [1.82, 2.24) is 0 Å². The number of hydrogen-bond donors (Lipinski definition) is 2. The van der Waals surface area contributed by atoms with Gasteiger partial charge in [-0.3, -0.25) is 4.79 Å². The standard InChI is InChI=1S/C16H14ClNO3/c1-9-7-11(17)3-5-13(9)15(19)18-12-4-6-14(16(20)21)10(2)8-12/h3-8H,1-2H3,(H,18,19)(H,20,21). The highest BCUT2D eigenvalue weighted by Gasteiger charge is 2.12. The zero-order chi connectivity index (χ0) is 15.6. The molecule has 0 spiro atoms. The number of carboxylic acids is 1. The smallest absolute Gasteiger partial charge is 0.335 e. The number of rotatable bonds is 3. The highest BCUT2D eigenvalue weighted by molar-refractivity contribution is 6.30. The first-order chi connectivity index (χ1) is 9.88. The van der Waals surface area contributed by atoms with E-state index >= 15 is 0 Å². The van der Waals surface area contributed by atoms with Crippen LogP contribution in [0, 0.1) is 13.8 Å². The van der Waals surface area contributed by atoms with E-state index in [-0.39, 0.29) is 11.5 Å². The number of carboxylic acid groups (broad SMARTS) is 1. The van der Waals surface area contributed by atoms with Gasteiger partial charge in [-0.05, 0) is 61.4 Å². The van der Waals surface area contributed by atoms with Gasteiger partial charge in [-0.2, -0.15) is 0 Å². The zero-order valence-corrected chi connectivity index (χ0v) is 12.4. The van der Waals surface area contributed by atoms with Crippen LogP contribution in [0.2, 0.25) is 5.02 Å². The van der Waals surface area contributed by atoms with Crippen molar-refractivity contribution in [2.75, 3.05) is 5.32 Å². The fraction of sp³-hybridized carbons (Fsp3) is 0.125. The van der Waals surface area contributed by atoms with Gasteiger partial charge in [0.05, 0.1) is 5.56 Å². The summed E-state index contributed by atoms with van der Waals surface area (Å²) in [6.45, 7) is 3.49. The number of benzene rings is 2. The van der Waals surface area contributed by atoms with Crippen molar-refractivity contribution < 1.29 is 14.7 Å². The van der Waals surface area contributed by atoms with Gasteiger partial charge in [-0.1, -0.05) is 11.6 Å². The summed E-state index contributed by atoms with van der Waals surface area (Å²) in [6.07, 6.45) is 0. The molecule has 2 rings (SSSR count).